The lowest BCUT2D eigenvalue weighted by molar-refractivity contribution is -0.121. The molecular weight excluding hydrogens is 456 g/mol. The highest BCUT2D eigenvalue weighted by Crippen LogP contribution is 2.42. The Bertz CT molecular complexity index is 1470. The Morgan fingerprint density at radius 1 is 1.08 bits per heavy atom. The Balaban J connectivity index is 1.20. The molecule has 0 atom stereocenters. The summed E-state index contributed by atoms with van der Waals surface area (Å²) in [5, 5.41) is 13.4. The molecule has 1 N–H and O–H groups in total. The van der Waals surface area contributed by atoms with Crippen LogP contribution >= 0.6 is 0 Å². The molecule has 4 heterocycles. The zero-order valence-corrected chi connectivity index (χ0v) is 19.6. The molecule has 0 spiro atoms. The summed E-state index contributed by atoms with van der Waals surface area (Å²) in [6.45, 7) is 1.63. The first kappa shape index (κ1) is 22.0. The highest BCUT2D eigenvalue weighted by molar-refractivity contribution is 5.95. The SMILES string of the molecule is N#Cc1cccnc1N1CCC(NC(=O)Cc2c(-c3ccccc3)oc3cc4c(cc23)OCO4)CC1. The lowest BCUT2D eigenvalue weighted by Gasteiger charge is -2.33. The van der Waals surface area contributed by atoms with Crippen LogP contribution in [0.2, 0.25) is 0 Å². The van der Waals surface area contributed by atoms with Crippen LogP contribution in [-0.4, -0.2) is 36.8 Å². The minimum absolute atomic E-state index is 0.0541. The molecule has 2 aliphatic rings. The van der Waals surface area contributed by atoms with Gasteiger partial charge in [0.15, 0.2) is 11.5 Å². The zero-order chi connectivity index (χ0) is 24.5. The highest BCUT2D eigenvalue weighted by atomic mass is 16.7. The third-order valence-electron chi connectivity index (χ3n) is 6.73. The summed E-state index contributed by atoms with van der Waals surface area (Å²) in [6.07, 6.45) is 3.46. The van der Waals surface area contributed by atoms with Gasteiger partial charge in [-0.05, 0) is 31.0 Å². The molecule has 1 amide bonds. The number of nitrogens with one attached hydrogen (secondary N) is 1. The number of pyridine rings is 1. The Morgan fingerprint density at radius 2 is 1.86 bits per heavy atom. The molecule has 2 aromatic carbocycles. The molecular formula is C28H24N4O4. The van der Waals surface area contributed by atoms with E-state index in [0.717, 1.165) is 42.4 Å². The Hall–Kier alpha value is -4.51. The Labute approximate surface area is 208 Å². The van der Waals surface area contributed by atoms with Gasteiger partial charge in [-0.2, -0.15) is 5.26 Å². The van der Waals surface area contributed by atoms with Gasteiger partial charge in [-0.15, -0.1) is 0 Å². The number of aromatic nitrogens is 1. The lowest BCUT2D eigenvalue weighted by Crippen LogP contribution is -2.45. The Morgan fingerprint density at radius 3 is 2.64 bits per heavy atom. The molecule has 180 valence electrons. The number of rotatable bonds is 5. The summed E-state index contributed by atoms with van der Waals surface area (Å²) in [4.78, 5) is 19.7. The number of hydrogen-bond donors (Lipinski definition) is 1. The molecule has 0 saturated carbocycles. The van der Waals surface area contributed by atoms with E-state index in [1.165, 1.54) is 0 Å². The van der Waals surface area contributed by atoms with Crippen LogP contribution in [0.5, 0.6) is 11.5 Å². The molecule has 8 heteroatoms. The van der Waals surface area contributed by atoms with Crippen LogP contribution < -0.4 is 19.7 Å². The van der Waals surface area contributed by atoms with Crippen molar-refractivity contribution in [3.63, 3.8) is 0 Å². The van der Waals surface area contributed by atoms with E-state index >= 15 is 0 Å². The molecule has 8 nitrogen and oxygen atoms in total. The van der Waals surface area contributed by atoms with Crippen LogP contribution in [0.15, 0.2) is 65.2 Å². The quantitative estimate of drug-likeness (QED) is 0.451. The maximum Gasteiger partial charge on any atom is 0.231 e. The largest absolute Gasteiger partial charge is 0.456 e. The molecule has 6 rings (SSSR count). The van der Waals surface area contributed by atoms with Crippen LogP contribution in [0.1, 0.15) is 24.0 Å². The van der Waals surface area contributed by atoms with Crippen molar-refractivity contribution in [2.24, 2.45) is 0 Å². The summed E-state index contributed by atoms with van der Waals surface area (Å²) in [6, 6.07) is 19.3. The van der Waals surface area contributed by atoms with Gasteiger partial charge in [0.05, 0.1) is 12.0 Å². The van der Waals surface area contributed by atoms with Crippen LogP contribution in [0, 0.1) is 11.3 Å². The van der Waals surface area contributed by atoms with Gasteiger partial charge < -0.3 is 24.1 Å². The van der Waals surface area contributed by atoms with E-state index in [9.17, 15) is 10.1 Å². The summed E-state index contributed by atoms with van der Waals surface area (Å²) in [5.74, 6) is 2.63. The van der Waals surface area contributed by atoms with E-state index in [0.29, 0.717) is 34.2 Å². The van der Waals surface area contributed by atoms with Gasteiger partial charge in [-0.1, -0.05) is 30.3 Å². The summed E-state index contributed by atoms with van der Waals surface area (Å²) < 4.78 is 17.3. The fourth-order valence-electron chi connectivity index (χ4n) is 4.95. The number of anilines is 1. The van der Waals surface area contributed by atoms with Gasteiger partial charge in [-0.25, -0.2) is 4.98 Å². The molecule has 1 saturated heterocycles. The molecule has 36 heavy (non-hydrogen) atoms. The Kier molecular flexibility index (Phi) is 5.66. The van der Waals surface area contributed by atoms with E-state index in [2.05, 4.69) is 21.3 Å². The van der Waals surface area contributed by atoms with Crippen LogP contribution in [-0.2, 0) is 11.2 Å². The standard InChI is InChI=1S/C28H24N4O4/c29-16-19-7-4-10-30-28(19)32-11-8-20(9-12-32)31-26(33)14-22-21-13-24-25(35-17-34-24)15-23(21)36-27(22)18-5-2-1-3-6-18/h1-7,10,13,15,20H,8-9,11-12,14,17H2,(H,31,33). The topological polar surface area (TPSA) is 101 Å². The van der Waals surface area contributed by atoms with Crippen molar-refractivity contribution in [1.29, 1.82) is 5.26 Å². The molecule has 0 unspecified atom stereocenters. The van der Waals surface area contributed by atoms with Gasteiger partial charge in [0.25, 0.3) is 0 Å². The highest BCUT2D eigenvalue weighted by Gasteiger charge is 2.26. The normalized spacial score (nSPS) is 15.1. The smallest absolute Gasteiger partial charge is 0.231 e. The third kappa shape index (κ3) is 4.09. The first-order valence-corrected chi connectivity index (χ1v) is 12.0. The van der Waals surface area contributed by atoms with Crippen molar-refractivity contribution in [1.82, 2.24) is 10.3 Å². The second kappa shape index (κ2) is 9.27. The minimum Gasteiger partial charge on any atom is -0.456 e. The maximum absolute atomic E-state index is 13.2. The van der Waals surface area contributed by atoms with Gasteiger partial charge in [-0.3, -0.25) is 4.79 Å². The molecule has 4 aromatic rings. The number of furan rings is 1. The monoisotopic (exact) mass is 480 g/mol. The molecule has 0 radical (unpaired) electrons. The van der Waals surface area contributed by atoms with E-state index in [-0.39, 0.29) is 25.2 Å². The number of piperidine rings is 1. The molecule has 0 aliphatic carbocycles. The number of fused-ring (bicyclic) bond motifs is 2. The third-order valence-corrected chi connectivity index (χ3v) is 6.73. The maximum atomic E-state index is 13.2. The van der Waals surface area contributed by atoms with Crippen LogP contribution in [0.3, 0.4) is 0 Å². The van der Waals surface area contributed by atoms with Crippen LogP contribution in [0.25, 0.3) is 22.3 Å². The average Bonchev–Trinajstić information content (AvgIpc) is 3.52. The van der Waals surface area contributed by atoms with Gasteiger partial charge in [0.2, 0.25) is 12.7 Å². The van der Waals surface area contributed by atoms with Crippen molar-refractivity contribution in [3.05, 3.63) is 71.9 Å². The lowest BCUT2D eigenvalue weighted by atomic mass is 10.0. The van der Waals surface area contributed by atoms with Gasteiger partial charge in [0, 0.05) is 47.9 Å². The van der Waals surface area contributed by atoms with Crippen molar-refractivity contribution >= 4 is 22.7 Å². The number of hydrogen-bond acceptors (Lipinski definition) is 7. The number of ether oxygens (including phenoxy) is 2. The average molecular weight is 481 g/mol. The number of benzene rings is 2. The first-order chi connectivity index (χ1) is 17.7. The zero-order valence-electron chi connectivity index (χ0n) is 19.6. The fraction of sp³-hybridized carbons (Fsp3) is 0.250. The number of nitriles is 1. The summed E-state index contributed by atoms with van der Waals surface area (Å²) in [7, 11) is 0. The van der Waals surface area contributed by atoms with Gasteiger partial charge in [0.1, 0.15) is 23.2 Å². The second-order valence-electron chi connectivity index (χ2n) is 8.97. The number of amides is 1. The van der Waals surface area contributed by atoms with Crippen molar-refractivity contribution in [2.45, 2.75) is 25.3 Å². The molecule has 0 bridgehead atoms. The van der Waals surface area contributed by atoms with Crippen molar-refractivity contribution in [2.75, 3.05) is 24.8 Å². The summed E-state index contributed by atoms with van der Waals surface area (Å²) >= 11 is 0. The predicted octanol–water partition coefficient (Wildman–Crippen LogP) is 4.42. The summed E-state index contributed by atoms with van der Waals surface area (Å²) in [5.41, 5.74) is 2.98. The number of carbonyl (C=O) groups is 1. The molecule has 2 aliphatic heterocycles. The number of carbonyl (C=O) groups excluding carboxylic acids is 1. The van der Waals surface area contributed by atoms with Gasteiger partial charge >= 0.3 is 0 Å². The van der Waals surface area contributed by atoms with E-state index < -0.39 is 0 Å². The predicted molar refractivity (Wildman–Crippen MR) is 134 cm³/mol. The minimum atomic E-state index is -0.0541. The molecule has 1 fully saturated rings. The van der Waals surface area contributed by atoms with E-state index in [4.69, 9.17) is 13.9 Å². The van der Waals surface area contributed by atoms with E-state index in [1.807, 2.05) is 42.5 Å². The second-order valence-corrected chi connectivity index (χ2v) is 8.97. The fourth-order valence-corrected chi connectivity index (χ4v) is 4.95. The molecule has 2 aromatic heterocycles. The first-order valence-electron chi connectivity index (χ1n) is 12.0. The number of nitrogens with zero attached hydrogens (tertiary/aromatic N) is 3. The van der Waals surface area contributed by atoms with Crippen molar-refractivity contribution in [3.8, 4) is 28.9 Å². The van der Waals surface area contributed by atoms with Crippen molar-refractivity contribution < 1.29 is 18.7 Å². The van der Waals surface area contributed by atoms with E-state index in [1.54, 1.807) is 18.3 Å². The van der Waals surface area contributed by atoms with Crippen LogP contribution in [0.4, 0.5) is 5.82 Å².